The molecular weight excluding hydrogens is 438 g/mol. The fourth-order valence-corrected chi connectivity index (χ4v) is 7.74. The highest BCUT2D eigenvalue weighted by Gasteiger charge is 2.56. The van der Waals surface area contributed by atoms with Gasteiger partial charge in [0, 0.05) is 12.2 Å². The number of halogens is 2. The van der Waals surface area contributed by atoms with E-state index in [1.807, 2.05) is 0 Å². The van der Waals surface area contributed by atoms with Crippen LogP contribution in [-0.2, 0) is 19.4 Å². The molecule has 4 saturated carbocycles. The lowest BCUT2D eigenvalue weighted by Gasteiger charge is -2.56. The van der Waals surface area contributed by atoms with Gasteiger partial charge < -0.3 is 10.2 Å². The predicted molar refractivity (Wildman–Crippen MR) is 114 cm³/mol. The molecular formula is C23H28F2N2O4S. The Kier molecular flexibility index (Phi) is 5.30. The standard InChI is InChI=1S/C23H28F2N2O4S/c24-22(25)32(30,31)18-5-3-17(4-6-18)26-20(28)19-2-1-7-27(19)21(29)23-11-14-8-15(12-23)10-16(9-14)13-23/h3-6,14-16,19,22H,1-2,7-13H2,(H,26,28)/t14?,15?,16?,19-,23?/m1/s1. The van der Waals surface area contributed by atoms with Gasteiger partial charge in [-0.1, -0.05) is 0 Å². The summed E-state index contributed by atoms with van der Waals surface area (Å²) in [5.74, 6) is -1.75. The molecule has 1 atom stereocenters. The summed E-state index contributed by atoms with van der Waals surface area (Å²) in [4.78, 5) is 28.0. The molecule has 0 spiro atoms. The second-order valence-electron chi connectivity index (χ2n) is 10.2. The first-order valence-electron chi connectivity index (χ1n) is 11.4. The number of likely N-dealkylation sites (tertiary alicyclic amines) is 1. The summed E-state index contributed by atoms with van der Waals surface area (Å²) >= 11 is 0. The quantitative estimate of drug-likeness (QED) is 0.715. The molecule has 9 heteroatoms. The molecule has 174 valence electrons. The van der Waals surface area contributed by atoms with Gasteiger partial charge in [-0.15, -0.1) is 0 Å². The molecule has 0 unspecified atom stereocenters. The Morgan fingerprint density at radius 2 is 1.56 bits per heavy atom. The van der Waals surface area contributed by atoms with E-state index in [1.165, 1.54) is 31.4 Å². The molecule has 0 radical (unpaired) electrons. The molecule has 4 bridgehead atoms. The van der Waals surface area contributed by atoms with Crippen molar-refractivity contribution >= 4 is 27.3 Å². The third-order valence-electron chi connectivity index (χ3n) is 7.99. The molecule has 1 aromatic rings. The summed E-state index contributed by atoms with van der Waals surface area (Å²) in [5, 5.41) is 2.74. The van der Waals surface area contributed by atoms with Crippen molar-refractivity contribution in [2.75, 3.05) is 11.9 Å². The van der Waals surface area contributed by atoms with E-state index in [0.29, 0.717) is 36.4 Å². The minimum Gasteiger partial charge on any atom is -0.330 e. The second-order valence-corrected chi connectivity index (χ2v) is 12.1. The van der Waals surface area contributed by atoms with Crippen LogP contribution in [0.25, 0.3) is 0 Å². The van der Waals surface area contributed by atoms with Gasteiger partial charge in [0.25, 0.3) is 0 Å². The van der Waals surface area contributed by atoms with Crippen LogP contribution in [0.3, 0.4) is 0 Å². The molecule has 4 aliphatic carbocycles. The third kappa shape index (κ3) is 3.62. The lowest BCUT2D eigenvalue weighted by atomic mass is 9.49. The van der Waals surface area contributed by atoms with Gasteiger partial charge in [0.15, 0.2) is 0 Å². The summed E-state index contributed by atoms with van der Waals surface area (Å²) in [6.45, 7) is 0.574. The van der Waals surface area contributed by atoms with Crippen molar-refractivity contribution in [1.82, 2.24) is 4.90 Å². The van der Waals surface area contributed by atoms with E-state index < -0.39 is 26.5 Å². The summed E-state index contributed by atoms with van der Waals surface area (Å²) in [5.41, 5.74) is 0.0143. The molecule has 32 heavy (non-hydrogen) atoms. The topological polar surface area (TPSA) is 83.6 Å². The molecule has 5 fully saturated rings. The zero-order valence-electron chi connectivity index (χ0n) is 17.8. The van der Waals surface area contributed by atoms with Crippen molar-refractivity contribution in [3.05, 3.63) is 24.3 Å². The van der Waals surface area contributed by atoms with Gasteiger partial charge in [-0.2, -0.15) is 8.78 Å². The molecule has 1 aromatic carbocycles. The maximum Gasteiger partial charge on any atom is 0.341 e. The summed E-state index contributed by atoms with van der Waals surface area (Å²) < 4.78 is 48.6. The number of nitrogens with one attached hydrogen (secondary N) is 1. The van der Waals surface area contributed by atoms with Crippen LogP contribution in [0.2, 0.25) is 0 Å². The number of benzene rings is 1. The molecule has 6 nitrogen and oxygen atoms in total. The lowest BCUT2D eigenvalue weighted by Crippen LogP contribution is -2.56. The molecule has 1 heterocycles. The maximum absolute atomic E-state index is 13.7. The number of nitrogens with zero attached hydrogens (tertiary/aromatic N) is 1. The number of alkyl halides is 2. The molecule has 2 amide bonds. The number of rotatable bonds is 5. The molecule has 1 N–H and O–H groups in total. The van der Waals surface area contributed by atoms with E-state index in [2.05, 4.69) is 5.32 Å². The van der Waals surface area contributed by atoms with Crippen LogP contribution in [-0.4, -0.2) is 43.5 Å². The van der Waals surface area contributed by atoms with Gasteiger partial charge in [0.05, 0.1) is 10.3 Å². The molecule has 1 saturated heterocycles. The monoisotopic (exact) mass is 466 g/mol. The smallest absolute Gasteiger partial charge is 0.330 e. The first-order chi connectivity index (χ1) is 15.2. The average Bonchev–Trinajstić information content (AvgIpc) is 3.22. The number of carbonyl (C=O) groups is 2. The van der Waals surface area contributed by atoms with E-state index >= 15 is 0 Å². The number of hydrogen-bond donors (Lipinski definition) is 1. The predicted octanol–water partition coefficient (Wildman–Crippen LogP) is 3.83. The lowest BCUT2D eigenvalue weighted by molar-refractivity contribution is -0.160. The summed E-state index contributed by atoms with van der Waals surface area (Å²) in [6, 6.07) is 4.16. The summed E-state index contributed by atoms with van der Waals surface area (Å²) in [7, 11) is -4.68. The van der Waals surface area contributed by atoms with Crippen LogP contribution < -0.4 is 5.32 Å². The van der Waals surface area contributed by atoms with Crippen LogP contribution in [0.5, 0.6) is 0 Å². The Bertz CT molecular complexity index is 990. The van der Waals surface area contributed by atoms with Gasteiger partial charge in [0.2, 0.25) is 21.7 Å². The highest BCUT2D eigenvalue weighted by Crippen LogP contribution is 2.60. The van der Waals surface area contributed by atoms with Gasteiger partial charge in [-0.05, 0) is 93.4 Å². The zero-order valence-corrected chi connectivity index (χ0v) is 18.6. The van der Waals surface area contributed by atoms with E-state index in [-0.39, 0.29) is 17.2 Å². The first-order valence-corrected chi connectivity index (χ1v) is 13.0. The van der Waals surface area contributed by atoms with Gasteiger partial charge in [-0.3, -0.25) is 9.59 Å². The fourth-order valence-electron chi connectivity index (χ4n) is 7.02. The minimum atomic E-state index is -4.68. The molecule has 5 aliphatic rings. The Balaban J connectivity index is 1.29. The molecule has 0 aromatic heterocycles. The van der Waals surface area contributed by atoms with Crippen LogP contribution in [0, 0.1) is 23.2 Å². The van der Waals surface area contributed by atoms with E-state index in [9.17, 15) is 26.8 Å². The van der Waals surface area contributed by atoms with Gasteiger partial charge >= 0.3 is 5.76 Å². The number of sulfone groups is 1. The molecule has 6 rings (SSSR count). The number of amides is 2. The number of anilines is 1. The van der Waals surface area contributed by atoms with Gasteiger partial charge in [-0.25, -0.2) is 8.42 Å². The van der Waals surface area contributed by atoms with Crippen molar-refractivity contribution in [3.63, 3.8) is 0 Å². The summed E-state index contributed by atoms with van der Waals surface area (Å²) in [6.07, 6.45) is 7.92. The first kappa shape index (κ1) is 21.8. The normalized spacial score (nSPS) is 33.7. The van der Waals surface area contributed by atoms with Crippen molar-refractivity contribution in [3.8, 4) is 0 Å². The van der Waals surface area contributed by atoms with E-state index in [4.69, 9.17) is 0 Å². The number of hydrogen-bond acceptors (Lipinski definition) is 4. The maximum atomic E-state index is 13.7. The molecule has 1 aliphatic heterocycles. The Hall–Kier alpha value is -2.03. The Morgan fingerprint density at radius 1 is 1.00 bits per heavy atom. The Morgan fingerprint density at radius 3 is 2.09 bits per heavy atom. The van der Waals surface area contributed by atoms with E-state index in [1.54, 1.807) is 4.90 Å². The van der Waals surface area contributed by atoms with Crippen LogP contribution >= 0.6 is 0 Å². The minimum absolute atomic E-state index is 0.132. The zero-order chi connectivity index (χ0) is 22.7. The highest BCUT2D eigenvalue weighted by atomic mass is 32.2. The second kappa shape index (κ2) is 7.78. The third-order valence-corrected chi connectivity index (χ3v) is 9.39. The van der Waals surface area contributed by atoms with Crippen molar-refractivity contribution < 1.29 is 26.8 Å². The van der Waals surface area contributed by atoms with Crippen molar-refractivity contribution in [2.45, 2.75) is 68.1 Å². The largest absolute Gasteiger partial charge is 0.341 e. The average molecular weight is 467 g/mol. The van der Waals surface area contributed by atoms with Crippen LogP contribution in [0.4, 0.5) is 14.5 Å². The van der Waals surface area contributed by atoms with Gasteiger partial charge in [0.1, 0.15) is 6.04 Å². The van der Waals surface area contributed by atoms with Crippen molar-refractivity contribution in [1.29, 1.82) is 0 Å². The fraction of sp³-hybridized carbons (Fsp3) is 0.652. The van der Waals surface area contributed by atoms with Crippen LogP contribution in [0.1, 0.15) is 51.4 Å². The van der Waals surface area contributed by atoms with Crippen molar-refractivity contribution in [2.24, 2.45) is 23.2 Å². The van der Waals surface area contributed by atoms with Crippen LogP contribution in [0.15, 0.2) is 29.2 Å². The van der Waals surface area contributed by atoms with E-state index in [0.717, 1.165) is 37.8 Å². The Labute approximate surface area is 186 Å². The SMILES string of the molecule is O=C(Nc1ccc(S(=O)(=O)C(F)F)cc1)[C@H]1CCCN1C(=O)C12CC3CC(CC(C3)C1)C2. The highest BCUT2D eigenvalue weighted by molar-refractivity contribution is 7.91. The number of carbonyl (C=O) groups excluding carboxylic acids is 2.